The number of morpholine rings is 1. The highest BCUT2D eigenvalue weighted by atomic mass is 35.5. The summed E-state index contributed by atoms with van der Waals surface area (Å²) in [5, 5.41) is 0. The highest BCUT2D eigenvalue weighted by Gasteiger charge is 2.21. The van der Waals surface area contributed by atoms with E-state index in [4.69, 9.17) is 16.3 Å². The molecule has 0 saturated carbocycles. The topological polar surface area (TPSA) is 12.5 Å². The van der Waals surface area contributed by atoms with E-state index in [1.807, 2.05) is 0 Å². The molecule has 0 N–H and O–H groups in total. The van der Waals surface area contributed by atoms with Crippen LogP contribution in [0.5, 0.6) is 0 Å². The summed E-state index contributed by atoms with van der Waals surface area (Å²) in [6, 6.07) is 0. The minimum atomic E-state index is 0.386. The summed E-state index contributed by atoms with van der Waals surface area (Å²) in [6.45, 7) is 9.96. The molecule has 1 unspecified atom stereocenters. The van der Waals surface area contributed by atoms with Gasteiger partial charge in [0.2, 0.25) is 0 Å². The molecule has 0 aromatic rings. The maximum Gasteiger partial charge on any atom is 0.0678 e. The highest BCUT2D eigenvalue weighted by Crippen LogP contribution is 2.14. The second kappa shape index (κ2) is 6.72. The van der Waals surface area contributed by atoms with Crippen LogP contribution in [-0.2, 0) is 4.74 Å². The molecule has 2 nitrogen and oxygen atoms in total. The van der Waals surface area contributed by atoms with E-state index in [-0.39, 0.29) is 0 Å². The Morgan fingerprint density at radius 3 is 2.40 bits per heavy atom. The van der Waals surface area contributed by atoms with Gasteiger partial charge in [0.15, 0.2) is 0 Å². The van der Waals surface area contributed by atoms with E-state index in [0.29, 0.717) is 12.2 Å². The van der Waals surface area contributed by atoms with E-state index in [2.05, 4.69) is 25.7 Å². The molecule has 0 aliphatic carbocycles. The summed E-state index contributed by atoms with van der Waals surface area (Å²) < 4.78 is 5.71. The van der Waals surface area contributed by atoms with Crippen LogP contribution in [0.1, 0.15) is 33.6 Å². The van der Waals surface area contributed by atoms with Gasteiger partial charge in [-0.05, 0) is 39.2 Å². The van der Waals surface area contributed by atoms with Crippen molar-refractivity contribution in [2.45, 2.75) is 45.8 Å². The summed E-state index contributed by atoms with van der Waals surface area (Å²) in [7, 11) is 0. The van der Waals surface area contributed by atoms with Crippen LogP contribution in [0.4, 0.5) is 0 Å². The number of halogens is 1. The van der Waals surface area contributed by atoms with E-state index in [1.54, 1.807) is 0 Å². The predicted molar refractivity (Wildman–Crippen MR) is 65.6 cm³/mol. The molecule has 0 radical (unpaired) electrons. The van der Waals surface area contributed by atoms with Crippen molar-refractivity contribution in [2.75, 3.05) is 25.5 Å². The van der Waals surface area contributed by atoms with Crippen LogP contribution in [0.3, 0.4) is 0 Å². The molecule has 1 aliphatic rings. The molecule has 90 valence electrons. The number of ether oxygens (including phenoxy) is 1. The van der Waals surface area contributed by atoms with E-state index in [9.17, 15) is 0 Å². The van der Waals surface area contributed by atoms with Crippen LogP contribution in [0.15, 0.2) is 0 Å². The Morgan fingerprint density at radius 2 is 1.87 bits per heavy atom. The lowest BCUT2D eigenvalue weighted by molar-refractivity contribution is -0.0688. The third-order valence-corrected chi connectivity index (χ3v) is 3.25. The first-order valence-corrected chi connectivity index (χ1v) is 6.59. The van der Waals surface area contributed by atoms with Crippen LogP contribution in [0.25, 0.3) is 0 Å². The fraction of sp³-hybridized carbons (Fsp3) is 1.00. The SMILES string of the molecule is CC(CCCl)CCN1C[C@@H](C)O[C@@H](C)C1. The lowest BCUT2D eigenvalue weighted by Gasteiger charge is -2.35. The van der Waals surface area contributed by atoms with Gasteiger partial charge in [-0.1, -0.05) is 6.92 Å². The molecule has 0 bridgehead atoms. The van der Waals surface area contributed by atoms with Gasteiger partial charge >= 0.3 is 0 Å². The van der Waals surface area contributed by atoms with Crippen molar-refractivity contribution in [3.05, 3.63) is 0 Å². The first-order chi connectivity index (χ1) is 7.11. The predicted octanol–water partition coefficient (Wildman–Crippen LogP) is 2.75. The normalized spacial score (nSPS) is 30.4. The fourth-order valence-electron chi connectivity index (χ4n) is 2.20. The second-order valence-corrected chi connectivity index (χ2v) is 5.27. The maximum atomic E-state index is 5.73. The highest BCUT2D eigenvalue weighted by molar-refractivity contribution is 6.17. The molecule has 1 saturated heterocycles. The van der Waals surface area contributed by atoms with Gasteiger partial charge < -0.3 is 4.74 Å². The Hall–Kier alpha value is 0.210. The van der Waals surface area contributed by atoms with E-state index >= 15 is 0 Å². The van der Waals surface area contributed by atoms with Gasteiger partial charge in [-0.25, -0.2) is 0 Å². The van der Waals surface area contributed by atoms with Crippen LogP contribution in [0, 0.1) is 5.92 Å². The van der Waals surface area contributed by atoms with Gasteiger partial charge in [-0.2, -0.15) is 0 Å². The van der Waals surface area contributed by atoms with Crippen LogP contribution in [-0.4, -0.2) is 42.6 Å². The lowest BCUT2D eigenvalue weighted by atomic mass is 10.0. The number of hydrogen-bond donors (Lipinski definition) is 0. The average Bonchev–Trinajstić information content (AvgIpc) is 2.14. The Kier molecular flexibility index (Phi) is 5.95. The fourth-order valence-corrected chi connectivity index (χ4v) is 2.57. The van der Waals surface area contributed by atoms with Gasteiger partial charge in [0.05, 0.1) is 12.2 Å². The van der Waals surface area contributed by atoms with Crippen molar-refractivity contribution in [3.63, 3.8) is 0 Å². The molecule has 3 heteroatoms. The first kappa shape index (κ1) is 13.3. The molecule has 15 heavy (non-hydrogen) atoms. The summed E-state index contributed by atoms with van der Waals surface area (Å²) in [5.41, 5.74) is 0. The van der Waals surface area contributed by atoms with Crippen molar-refractivity contribution in [1.82, 2.24) is 4.90 Å². The van der Waals surface area contributed by atoms with Crippen LogP contribution in [0.2, 0.25) is 0 Å². The molecule has 0 spiro atoms. The van der Waals surface area contributed by atoms with Crippen LogP contribution >= 0.6 is 11.6 Å². The molecule has 0 amide bonds. The van der Waals surface area contributed by atoms with E-state index < -0.39 is 0 Å². The molecular weight excluding hydrogens is 210 g/mol. The molecule has 1 aliphatic heterocycles. The molecule has 1 rings (SSSR count). The average molecular weight is 234 g/mol. The quantitative estimate of drug-likeness (QED) is 0.678. The van der Waals surface area contributed by atoms with E-state index in [1.165, 1.54) is 13.0 Å². The van der Waals surface area contributed by atoms with Gasteiger partial charge in [0, 0.05) is 19.0 Å². The van der Waals surface area contributed by atoms with Crippen molar-refractivity contribution in [3.8, 4) is 0 Å². The summed E-state index contributed by atoms with van der Waals surface area (Å²) in [5.74, 6) is 1.54. The summed E-state index contributed by atoms with van der Waals surface area (Å²) >= 11 is 5.73. The molecular formula is C12H24ClNO. The van der Waals surface area contributed by atoms with Crippen molar-refractivity contribution in [1.29, 1.82) is 0 Å². The largest absolute Gasteiger partial charge is 0.373 e. The van der Waals surface area contributed by atoms with Crippen LogP contribution < -0.4 is 0 Å². The van der Waals surface area contributed by atoms with Crippen molar-refractivity contribution in [2.24, 2.45) is 5.92 Å². The third kappa shape index (κ3) is 5.19. The van der Waals surface area contributed by atoms with Gasteiger partial charge in [-0.15, -0.1) is 11.6 Å². The Morgan fingerprint density at radius 1 is 1.27 bits per heavy atom. The zero-order valence-electron chi connectivity index (χ0n) is 10.2. The minimum absolute atomic E-state index is 0.386. The molecule has 3 atom stereocenters. The maximum absolute atomic E-state index is 5.73. The minimum Gasteiger partial charge on any atom is -0.373 e. The molecule has 0 aromatic heterocycles. The van der Waals surface area contributed by atoms with Gasteiger partial charge in [0.25, 0.3) is 0 Å². The molecule has 0 aromatic carbocycles. The number of hydrogen-bond acceptors (Lipinski definition) is 2. The Bertz CT molecular complexity index is 167. The molecule has 1 fully saturated rings. The lowest BCUT2D eigenvalue weighted by Crippen LogP contribution is -2.45. The standard InChI is InChI=1S/C12H24ClNO/c1-10(4-6-13)5-7-14-8-11(2)15-12(3)9-14/h10-12H,4-9H2,1-3H3/t10?,11-,12+. The number of rotatable bonds is 5. The zero-order chi connectivity index (χ0) is 11.3. The second-order valence-electron chi connectivity index (χ2n) is 4.89. The van der Waals surface area contributed by atoms with Crippen molar-refractivity contribution < 1.29 is 4.74 Å². The zero-order valence-corrected chi connectivity index (χ0v) is 11.0. The monoisotopic (exact) mass is 233 g/mol. The Balaban J connectivity index is 2.20. The number of nitrogens with zero attached hydrogens (tertiary/aromatic N) is 1. The summed E-state index contributed by atoms with van der Waals surface area (Å²) in [4.78, 5) is 2.52. The summed E-state index contributed by atoms with van der Waals surface area (Å²) in [6.07, 6.45) is 3.16. The van der Waals surface area contributed by atoms with Gasteiger partial charge in [0.1, 0.15) is 0 Å². The smallest absolute Gasteiger partial charge is 0.0678 e. The van der Waals surface area contributed by atoms with Crippen molar-refractivity contribution >= 4 is 11.6 Å². The third-order valence-electron chi connectivity index (χ3n) is 3.04. The van der Waals surface area contributed by atoms with E-state index in [0.717, 1.165) is 31.3 Å². The number of alkyl halides is 1. The molecule has 1 heterocycles. The first-order valence-electron chi connectivity index (χ1n) is 6.05. The Labute approximate surface area is 98.9 Å². The van der Waals surface area contributed by atoms with Gasteiger partial charge in [-0.3, -0.25) is 4.90 Å².